The van der Waals surface area contributed by atoms with Crippen molar-refractivity contribution in [2.75, 3.05) is 6.54 Å². The van der Waals surface area contributed by atoms with Gasteiger partial charge in [0, 0.05) is 12.1 Å². The fourth-order valence-corrected chi connectivity index (χ4v) is 3.19. The highest BCUT2D eigenvalue weighted by Crippen LogP contribution is 2.21. The maximum atomic E-state index is 12.6. The predicted molar refractivity (Wildman–Crippen MR) is 110 cm³/mol. The molecule has 0 saturated heterocycles. The van der Waals surface area contributed by atoms with E-state index in [0.29, 0.717) is 17.9 Å². The average Bonchev–Trinajstić information content (AvgIpc) is 3.05. The van der Waals surface area contributed by atoms with Crippen molar-refractivity contribution in [1.82, 2.24) is 20.2 Å². The number of rotatable bonds is 7. The number of imidazole rings is 1. The number of nitrogens with one attached hydrogen (secondary N) is 2. The first-order valence-electron chi connectivity index (χ1n) is 9.59. The Balaban J connectivity index is 1.87. The van der Waals surface area contributed by atoms with Gasteiger partial charge >= 0.3 is 0 Å². The quantitative estimate of drug-likeness (QED) is 0.662. The van der Waals surface area contributed by atoms with Gasteiger partial charge in [0.05, 0.1) is 17.1 Å². The lowest BCUT2D eigenvalue weighted by Crippen LogP contribution is -2.32. The molecule has 1 heterocycles. The standard InChI is InChI=1S/C22H26N4O2/c1-4-12-23-20(27)14-26-19-11-6-5-10-18(19)25-21(26)16(3)24-22(28)17-9-7-8-15(2)13-17/h5-11,13,16H,4,12,14H2,1-3H3,(H,23,27)(H,24,28). The van der Waals surface area contributed by atoms with Gasteiger partial charge in [-0.15, -0.1) is 0 Å². The van der Waals surface area contributed by atoms with Crippen LogP contribution in [0, 0.1) is 6.92 Å². The fraction of sp³-hybridized carbons (Fsp3) is 0.318. The van der Waals surface area contributed by atoms with Crippen LogP contribution < -0.4 is 10.6 Å². The van der Waals surface area contributed by atoms with Crippen molar-refractivity contribution in [2.24, 2.45) is 0 Å². The third kappa shape index (κ3) is 4.39. The summed E-state index contributed by atoms with van der Waals surface area (Å²) in [5.74, 6) is 0.433. The van der Waals surface area contributed by atoms with Gasteiger partial charge in [-0.1, -0.05) is 36.8 Å². The number of carbonyl (C=O) groups excluding carboxylic acids is 2. The highest BCUT2D eigenvalue weighted by Gasteiger charge is 2.20. The number of nitrogens with zero attached hydrogens (tertiary/aromatic N) is 2. The first-order valence-corrected chi connectivity index (χ1v) is 9.59. The highest BCUT2D eigenvalue weighted by molar-refractivity contribution is 5.94. The van der Waals surface area contributed by atoms with Crippen LogP contribution in [0.3, 0.4) is 0 Å². The zero-order valence-corrected chi connectivity index (χ0v) is 16.5. The molecule has 146 valence electrons. The molecule has 0 bridgehead atoms. The first kappa shape index (κ1) is 19.6. The summed E-state index contributed by atoms with van der Waals surface area (Å²) in [4.78, 5) is 29.6. The highest BCUT2D eigenvalue weighted by atomic mass is 16.2. The van der Waals surface area contributed by atoms with E-state index in [1.165, 1.54) is 0 Å². The molecule has 2 aromatic carbocycles. The molecule has 0 fully saturated rings. The molecule has 3 rings (SSSR count). The second-order valence-corrected chi connectivity index (χ2v) is 6.96. The van der Waals surface area contributed by atoms with Crippen LogP contribution in [0.25, 0.3) is 11.0 Å². The molecule has 1 atom stereocenters. The number of aryl methyl sites for hydroxylation is 1. The number of hydrogen-bond donors (Lipinski definition) is 2. The molecular formula is C22H26N4O2. The van der Waals surface area contributed by atoms with E-state index in [9.17, 15) is 9.59 Å². The number of amides is 2. The number of hydrogen-bond acceptors (Lipinski definition) is 3. The van der Waals surface area contributed by atoms with Crippen LogP contribution in [0.1, 0.15) is 48.1 Å². The van der Waals surface area contributed by atoms with Crippen molar-refractivity contribution in [3.05, 3.63) is 65.5 Å². The van der Waals surface area contributed by atoms with E-state index < -0.39 is 0 Å². The molecule has 2 N–H and O–H groups in total. The molecule has 1 unspecified atom stereocenters. The lowest BCUT2D eigenvalue weighted by atomic mass is 10.1. The van der Waals surface area contributed by atoms with E-state index in [1.54, 1.807) is 6.07 Å². The summed E-state index contributed by atoms with van der Waals surface area (Å²) in [5.41, 5.74) is 3.31. The van der Waals surface area contributed by atoms with E-state index in [4.69, 9.17) is 0 Å². The smallest absolute Gasteiger partial charge is 0.251 e. The topological polar surface area (TPSA) is 76.0 Å². The molecule has 2 amide bonds. The largest absolute Gasteiger partial charge is 0.355 e. The maximum Gasteiger partial charge on any atom is 0.251 e. The minimum Gasteiger partial charge on any atom is -0.355 e. The number of para-hydroxylation sites is 2. The second-order valence-electron chi connectivity index (χ2n) is 6.96. The van der Waals surface area contributed by atoms with Gasteiger partial charge in [0.2, 0.25) is 5.91 Å². The molecule has 0 saturated carbocycles. The minimum atomic E-state index is -0.348. The van der Waals surface area contributed by atoms with Crippen LogP contribution in [0.5, 0.6) is 0 Å². The number of benzene rings is 2. The molecule has 0 aliphatic heterocycles. The number of fused-ring (bicyclic) bond motifs is 1. The molecule has 28 heavy (non-hydrogen) atoms. The Morgan fingerprint density at radius 3 is 2.68 bits per heavy atom. The SMILES string of the molecule is CCCNC(=O)Cn1c(C(C)NC(=O)c2cccc(C)c2)nc2ccccc21. The molecule has 1 aromatic heterocycles. The minimum absolute atomic E-state index is 0.0662. The third-order valence-electron chi connectivity index (χ3n) is 4.57. The van der Waals surface area contributed by atoms with Crippen molar-refractivity contribution >= 4 is 22.8 Å². The lowest BCUT2D eigenvalue weighted by Gasteiger charge is -2.16. The van der Waals surface area contributed by atoms with Gasteiger partial charge < -0.3 is 15.2 Å². The van der Waals surface area contributed by atoms with Gasteiger partial charge in [0.1, 0.15) is 12.4 Å². The molecule has 0 aliphatic rings. The van der Waals surface area contributed by atoms with Crippen LogP contribution in [0.15, 0.2) is 48.5 Å². The maximum absolute atomic E-state index is 12.6. The van der Waals surface area contributed by atoms with Crippen molar-refractivity contribution in [3.63, 3.8) is 0 Å². The Hall–Kier alpha value is -3.15. The summed E-state index contributed by atoms with van der Waals surface area (Å²) in [5, 5.41) is 5.90. The predicted octanol–water partition coefficient (Wildman–Crippen LogP) is 3.36. The van der Waals surface area contributed by atoms with Gasteiger partial charge in [-0.05, 0) is 44.5 Å². The van der Waals surface area contributed by atoms with Crippen LogP contribution in [0.2, 0.25) is 0 Å². The zero-order chi connectivity index (χ0) is 20.1. The summed E-state index contributed by atoms with van der Waals surface area (Å²) < 4.78 is 1.88. The molecule has 0 radical (unpaired) electrons. The van der Waals surface area contributed by atoms with Crippen molar-refractivity contribution in [1.29, 1.82) is 0 Å². The van der Waals surface area contributed by atoms with Gasteiger partial charge in [0.15, 0.2) is 0 Å². The van der Waals surface area contributed by atoms with E-state index in [2.05, 4.69) is 15.6 Å². The monoisotopic (exact) mass is 378 g/mol. The molecule has 3 aromatic rings. The molecule has 6 nitrogen and oxygen atoms in total. The average molecular weight is 378 g/mol. The summed E-state index contributed by atoms with van der Waals surface area (Å²) in [6.45, 7) is 6.66. The summed E-state index contributed by atoms with van der Waals surface area (Å²) >= 11 is 0. The molecule has 6 heteroatoms. The summed E-state index contributed by atoms with van der Waals surface area (Å²) in [6.07, 6.45) is 0.881. The Morgan fingerprint density at radius 2 is 1.93 bits per heavy atom. The Labute approximate surface area is 165 Å². The Morgan fingerprint density at radius 1 is 1.14 bits per heavy atom. The van der Waals surface area contributed by atoms with E-state index in [0.717, 1.165) is 23.0 Å². The summed E-state index contributed by atoms with van der Waals surface area (Å²) in [7, 11) is 0. The fourth-order valence-electron chi connectivity index (χ4n) is 3.19. The van der Waals surface area contributed by atoms with E-state index in [1.807, 2.05) is 67.8 Å². The van der Waals surface area contributed by atoms with Crippen LogP contribution in [0.4, 0.5) is 0 Å². The zero-order valence-electron chi connectivity index (χ0n) is 16.5. The van der Waals surface area contributed by atoms with Gasteiger partial charge in [-0.2, -0.15) is 0 Å². The van der Waals surface area contributed by atoms with Gasteiger partial charge in [0.25, 0.3) is 5.91 Å². The van der Waals surface area contributed by atoms with Crippen LogP contribution >= 0.6 is 0 Å². The summed E-state index contributed by atoms with van der Waals surface area (Å²) in [6, 6.07) is 14.8. The second kappa shape index (κ2) is 8.69. The Kier molecular flexibility index (Phi) is 6.09. The third-order valence-corrected chi connectivity index (χ3v) is 4.57. The van der Waals surface area contributed by atoms with Crippen molar-refractivity contribution in [3.8, 4) is 0 Å². The van der Waals surface area contributed by atoms with E-state index in [-0.39, 0.29) is 24.4 Å². The van der Waals surface area contributed by atoms with Crippen molar-refractivity contribution in [2.45, 2.75) is 39.8 Å². The van der Waals surface area contributed by atoms with Crippen LogP contribution in [-0.2, 0) is 11.3 Å². The molecular weight excluding hydrogens is 352 g/mol. The van der Waals surface area contributed by atoms with E-state index >= 15 is 0 Å². The van der Waals surface area contributed by atoms with Gasteiger partial charge in [-0.25, -0.2) is 4.98 Å². The normalized spacial score (nSPS) is 12.0. The molecule has 0 spiro atoms. The number of carbonyl (C=O) groups is 2. The Bertz CT molecular complexity index is 993. The van der Waals surface area contributed by atoms with Gasteiger partial charge in [-0.3, -0.25) is 9.59 Å². The molecule has 0 aliphatic carbocycles. The first-order chi connectivity index (χ1) is 13.5. The van der Waals surface area contributed by atoms with Crippen molar-refractivity contribution < 1.29 is 9.59 Å². The number of aromatic nitrogens is 2. The van der Waals surface area contributed by atoms with Crippen LogP contribution in [-0.4, -0.2) is 27.9 Å². The lowest BCUT2D eigenvalue weighted by molar-refractivity contribution is -0.121.